The molecule has 0 amide bonds. The first-order chi connectivity index (χ1) is 11.0. The largest absolute Gasteiger partial charge is 0.340 e. The number of benzene rings is 1. The molecule has 0 saturated heterocycles. The van der Waals surface area contributed by atoms with Crippen molar-refractivity contribution in [3.8, 4) is 11.3 Å². The SMILES string of the molecule is Cc1cc(C)c(Nc2cc(-c3ccncc3)nc(C)n2)c(C)c1. The molecule has 3 aromatic rings. The molecule has 3 rings (SSSR count). The van der Waals surface area contributed by atoms with Gasteiger partial charge in [0.25, 0.3) is 0 Å². The van der Waals surface area contributed by atoms with Crippen molar-refractivity contribution in [2.24, 2.45) is 0 Å². The fourth-order valence-electron chi connectivity index (χ4n) is 2.81. The minimum atomic E-state index is 0.740. The van der Waals surface area contributed by atoms with E-state index in [0.29, 0.717) is 0 Å². The van der Waals surface area contributed by atoms with E-state index in [2.05, 4.69) is 53.2 Å². The Bertz CT molecular complexity index is 818. The van der Waals surface area contributed by atoms with Crippen LogP contribution in [-0.2, 0) is 0 Å². The van der Waals surface area contributed by atoms with Gasteiger partial charge >= 0.3 is 0 Å². The van der Waals surface area contributed by atoms with E-state index in [4.69, 9.17) is 0 Å². The molecule has 1 aromatic carbocycles. The van der Waals surface area contributed by atoms with Gasteiger partial charge < -0.3 is 5.32 Å². The van der Waals surface area contributed by atoms with Crippen molar-refractivity contribution in [3.63, 3.8) is 0 Å². The molecule has 116 valence electrons. The van der Waals surface area contributed by atoms with Gasteiger partial charge in [0.05, 0.1) is 5.69 Å². The summed E-state index contributed by atoms with van der Waals surface area (Å²) in [6.45, 7) is 8.24. The number of hydrogen-bond acceptors (Lipinski definition) is 4. The molecule has 1 N–H and O–H groups in total. The molecule has 0 saturated carbocycles. The summed E-state index contributed by atoms with van der Waals surface area (Å²) in [6.07, 6.45) is 3.54. The molecule has 23 heavy (non-hydrogen) atoms. The summed E-state index contributed by atoms with van der Waals surface area (Å²) in [6, 6.07) is 10.2. The third-order valence-electron chi connectivity index (χ3n) is 3.74. The van der Waals surface area contributed by atoms with Crippen molar-refractivity contribution < 1.29 is 0 Å². The molecule has 0 atom stereocenters. The lowest BCUT2D eigenvalue weighted by atomic mass is 10.1. The highest BCUT2D eigenvalue weighted by Crippen LogP contribution is 2.27. The maximum Gasteiger partial charge on any atom is 0.134 e. The van der Waals surface area contributed by atoms with Crippen LogP contribution >= 0.6 is 0 Å². The average molecular weight is 304 g/mol. The number of nitrogens with one attached hydrogen (secondary N) is 1. The van der Waals surface area contributed by atoms with Crippen LogP contribution in [0, 0.1) is 27.7 Å². The highest BCUT2D eigenvalue weighted by molar-refractivity contribution is 5.69. The second-order valence-corrected chi connectivity index (χ2v) is 5.82. The number of rotatable bonds is 3. The van der Waals surface area contributed by atoms with E-state index in [-0.39, 0.29) is 0 Å². The Morgan fingerprint density at radius 3 is 2.13 bits per heavy atom. The molecule has 0 fully saturated rings. The predicted octanol–water partition coefficient (Wildman–Crippen LogP) is 4.52. The van der Waals surface area contributed by atoms with Crippen molar-refractivity contribution in [3.05, 3.63) is 65.2 Å². The van der Waals surface area contributed by atoms with Gasteiger partial charge in [0.2, 0.25) is 0 Å². The van der Waals surface area contributed by atoms with Crippen LogP contribution in [0.4, 0.5) is 11.5 Å². The minimum Gasteiger partial charge on any atom is -0.340 e. The van der Waals surface area contributed by atoms with Gasteiger partial charge in [-0.1, -0.05) is 17.7 Å². The number of pyridine rings is 1. The van der Waals surface area contributed by atoms with E-state index in [1.165, 1.54) is 16.7 Å². The lowest BCUT2D eigenvalue weighted by Gasteiger charge is -2.14. The van der Waals surface area contributed by atoms with Crippen molar-refractivity contribution in [1.82, 2.24) is 15.0 Å². The highest BCUT2D eigenvalue weighted by Gasteiger charge is 2.08. The quantitative estimate of drug-likeness (QED) is 0.773. The first kappa shape index (κ1) is 15.2. The van der Waals surface area contributed by atoms with E-state index in [9.17, 15) is 0 Å². The van der Waals surface area contributed by atoms with Crippen LogP contribution in [0.2, 0.25) is 0 Å². The van der Waals surface area contributed by atoms with Crippen molar-refractivity contribution >= 4 is 11.5 Å². The molecule has 0 aliphatic rings. The Kier molecular flexibility index (Phi) is 4.06. The first-order valence-corrected chi connectivity index (χ1v) is 7.64. The summed E-state index contributed by atoms with van der Waals surface area (Å²) < 4.78 is 0. The fraction of sp³-hybridized carbons (Fsp3) is 0.211. The van der Waals surface area contributed by atoms with Crippen LogP contribution in [0.25, 0.3) is 11.3 Å². The van der Waals surface area contributed by atoms with Crippen LogP contribution < -0.4 is 5.32 Å². The minimum absolute atomic E-state index is 0.740. The third-order valence-corrected chi connectivity index (χ3v) is 3.74. The number of aromatic nitrogens is 3. The lowest BCUT2D eigenvalue weighted by molar-refractivity contribution is 1.06. The van der Waals surface area contributed by atoms with E-state index in [1.807, 2.05) is 25.1 Å². The Hall–Kier alpha value is -2.75. The van der Waals surface area contributed by atoms with Crippen LogP contribution in [0.1, 0.15) is 22.5 Å². The molecule has 4 heteroatoms. The van der Waals surface area contributed by atoms with E-state index < -0.39 is 0 Å². The van der Waals surface area contributed by atoms with Gasteiger partial charge in [-0.05, 0) is 51.0 Å². The zero-order valence-corrected chi connectivity index (χ0v) is 13.9. The Morgan fingerprint density at radius 2 is 1.48 bits per heavy atom. The number of anilines is 2. The molecule has 0 bridgehead atoms. The third kappa shape index (κ3) is 3.37. The van der Waals surface area contributed by atoms with Gasteiger partial charge in [0.1, 0.15) is 11.6 Å². The van der Waals surface area contributed by atoms with Crippen LogP contribution in [0.15, 0.2) is 42.7 Å². The summed E-state index contributed by atoms with van der Waals surface area (Å²) >= 11 is 0. The fourth-order valence-corrected chi connectivity index (χ4v) is 2.81. The van der Waals surface area contributed by atoms with Crippen LogP contribution in [0.5, 0.6) is 0 Å². The topological polar surface area (TPSA) is 50.7 Å². The molecule has 0 aliphatic heterocycles. The summed E-state index contributed by atoms with van der Waals surface area (Å²) in [4.78, 5) is 13.1. The summed E-state index contributed by atoms with van der Waals surface area (Å²) in [5.74, 6) is 1.54. The molecule has 2 heterocycles. The summed E-state index contributed by atoms with van der Waals surface area (Å²) in [5, 5.41) is 3.45. The van der Waals surface area contributed by atoms with Crippen LogP contribution in [0.3, 0.4) is 0 Å². The maximum atomic E-state index is 4.53. The number of nitrogens with zero attached hydrogens (tertiary/aromatic N) is 3. The van der Waals surface area contributed by atoms with Crippen LogP contribution in [-0.4, -0.2) is 15.0 Å². The van der Waals surface area contributed by atoms with Gasteiger partial charge in [0, 0.05) is 29.7 Å². The summed E-state index contributed by atoms with van der Waals surface area (Å²) in [5.41, 5.74) is 6.72. The smallest absolute Gasteiger partial charge is 0.134 e. The van der Waals surface area contributed by atoms with E-state index >= 15 is 0 Å². The molecule has 0 aliphatic carbocycles. The van der Waals surface area contributed by atoms with E-state index in [1.54, 1.807) is 12.4 Å². The van der Waals surface area contributed by atoms with Gasteiger partial charge in [-0.15, -0.1) is 0 Å². The zero-order valence-electron chi connectivity index (χ0n) is 13.9. The molecule has 2 aromatic heterocycles. The molecule has 0 spiro atoms. The lowest BCUT2D eigenvalue weighted by Crippen LogP contribution is -2.02. The Morgan fingerprint density at radius 1 is 0.826 bits per heavy atom. The summed E-state index contributed by atoms with van der Waals surface area (Å²) in [7, 11) is 0. The maximum absolute atomic E-state index is 4.53. The van der Waals surface area contributed by atoms with Crippen molar-refractivity contribution in [2.75, 3.05) is 5.32 Å². The highest BCUT2D eigenvalue weighted by atomic mass is 15.0. The van der Waals surface area contributed by atoms with Gasteiger partial charge in [0.15, 0.2) is 0 Å². The van der Waals surface area contributed by atoms with Gasteiger partial charge in [-0.3, -0.25) is 4.98 Å². The van der Waals surface area contributed by atoms with Crippen molar-refractivity contribution in [2.45, 2.75) is 27.7 Å². The normalized spacial score (nSPS) is 10.6. The van der Waals surface area contributed by atoms with E-state index in [0.717, 1.165) is 28.6 Å². The van der Waals surface area contributed by atoms with Crippen molar-refractivity contribution in [1.29, 1.82) is 0 Å². The Labute approximate surface area is 136 Å². The molecular weight excluding hydrogens is 284 g/mol. The second-order valence-electron chi connectivity index (χ2n) is 5.82. The van der Waals surface area contributed by atoms with Gasteiger partial charge in [-0.25, -0.2) is 9.97 Å². The number of hydrogen-bond donors (Lipinski definition) is 1. The first-order valence-electron chi connectivity index (χ1n) is 7.64. The molecular formula is C19H20N4. The standard InChI is InChI=1S/C19H20N4/c1-12-9-13(2)19(14(3)10-12)23-18-11-17(21-15(4)22-18)16-5-7-20-8-6-16/h5-11H,1-4H3,(H,21,22,23). The molecule has 4 nitrogen and oxygen atoms in total. The average Bonchev–Trinajstić information content (AvgIpc) is 2.51. The number of aryl methyl sites for hydroxylation is 4. The second kappa shape index (κ2) is 6.16. The monoisotopic (exact) mass is 304 g/mol. The van der Waals surface area contributed by atoms with Gasteiger partial charge in [-0.2, -0.15) is 0 Å². The molecule has 0 radical (unpaired) electrons. The Balaban J connectivity index is 2.00. The zero-order chi connectivity index (χ0) is 16.4. The molecule has 0 unspecified atom stereocenters. The predicted molar refractivity (Wildman–Crippen MR) is 93.9 cm³/mol.